The van der Waals surface area contributed by atoms with Gasteiger partial charge < -0.3 is 15.4 Å². The Morgan fingerprint density at radius 1 is 0.971 bits per heavy atom. The van der Waals surface area contributed by atoms with Crippen LogP contribution in [-0.4, -0.2) is 23.5 Å². The lowest BCUT2D eigenvalue weighted by molar-refractivity contribution is 0.0948. The minimum atomic E-state index is -0.394. The maximum absolute atomic E-state index is 12.9. The van der Waals surface area contributed by atoms with E-state index >= 15 is 0 Å². The average Bonchev–Trinajstić information content (AvgIpc) is 2.82. The van der Waals surface area contributed by atoms with Crippen molar-refractivity contribution < 1.29 is 14.3 Å². The second-order valence-corrected chi connectivity index (χ2v) is 9.33. The molecule has 3 N–H and O–H groups in total. The SMILES string of the molecule is CC(C)COc1ccc(Br)cc1C(=O)NC(=S)Nc1cccc(C(=O)NCc2ccccc2)c1. The summed E-state index contributed by atoms with van der Waals surface area (Å²) in [5.41, 5.74) is 2.45. The summed E-state index contributed by atoms with van der Waals surface area (Å²) in [6.07, 6.45) is 0. The third-order valence-electron chi connectivity index (χ3n) is 4.66. The first-order valence-corrected chi connectivity index (χ1v) is 12.0. The van der Waals surface area contributed by atoms with Gasteiger partial charge in [-0.1, -0.05) is 66.2 Å². The zero-order chi connectivity index (χ0) is 24.5. The smallest absolute Gasteiger partial charge is 0.261 e. The first-order chi connectivity index (χ1) is 16.3. The number of anilines is 1. The summed E-state index contributed by atoms with van der Waals surface area (Å²) in [6.45, 7) is 4.99. The molecular formula is C26H26BrN3O3S. The van der Waals surface area contributed by atoms with Crippen molar-refractivity contribution in [3.63, 3.8) is 0 Å². The summed E-state index contributed by atoms with van der Waals surface area (Å²) in [4.78, 5) is 25.4. The molecule has 0 spiro atoms. The molecule has 3 rings (SSSR count). The molecule has 3 aromatic carbocycles. The molecule has 0 aliphatic rings. The topological polar surface area (TPSA) is 79.5 Å². The Bertz CT molecular complexity index is 1170. The fourth-order valence-corrected chi connectivity index (χ4v) is 3.58. The van der Waals surface area contributed by atoms with Gasteiger partial charge in [-0.2, -0.15) is 0 Å². The van der Waals surface area contributed by atoms with Crippen LogP contribution in [0.1, 0.15) is 40.1 Å². The predicted molar refractivity (Wildman–Crippen MR) is 142 cm³/mol. The van der Waals surface area contributed by atoms with Crippen LogP contribution in [0.2, 0.25) is 0 Å². The third kappa shape index (κ3) is 7.67. The van der Waals surface area contributed by atoms with Crippen molar-refractivity contribution in [3.8, 4) is 5.75 Å². The van der Waals surface area contributed by atoms with Crippen LogP contribution >= 0.6 is 28.1 Å². The van der Waals surface area contributed by atoms with Gasteiger partial charge in [0.1, 0.15) is 5.75 Å². The largest absolute Gasteiger partial charge is 0.492 e. The van der Waals surface area contributed by atoms with Crippen LogP contribution in [0.15, 0.2) is 77.3 Å². The van der Waals surface area contributed by atoms with Crippen LogP contribution in [0.25, 0.3) is 0 Å². The van der Waals surface area contributed by atoms with Gasteiger partial charge in [0.15, 0.2) is 5.11 Å². The molecule has 0 bridgehead atoms. The van der Waals surface area contributed by atoms with E-state index in [1.807, 2.05) is 50.2 Å². The molecule has 176 valence electrons. The van der Waals surface area contributed by atoms with Gasteiger partial charge >= 0.3 is 0 Å². The Kier molecular flexibility index (Phi) is 9.18. The molecule has 2 amide bonds. The molecule has 0 aliphatic heterocycles. The predicted octanol–water partition coefficient (Wildman–Crippen LogP) is 5.54. The lowest BCUT2D eigenvalue weighted by atomic mass is 10.1. The van der Waals surface area contributed by atoms with E-state index in [1.54, 1.807) is 36.4 Å². The normalized spacial score (nSPS) is 10.5. The number of carbonyl (C=O) groups is 2. The highest BCUT2D eigenvalue weighted by molar-refractivity contribution is 9.10. The molecule has 0 radical (unpaired) electrons. The maximum Gasteiger partial charge on any atom is 0.261 e. The van der Waals surface area contributed by atoms with Gasteiger partial charge in [0.25, 0.3) is 11.8 Å². The molecule has 0 aliphatic carbocycles. The van der Waals surface area contributed by atoms with Crippen LogP contribution in [0, 0.1) is 5.92 Å². The van der Waals surface area contributed by atoms with Crippen LogP contribution in [0.3, 0.4) is 0 Å². The van der Waals surface area contributed by atoms with Crippen LogP contribution in [0.4, 0.5) is 5.69 Å². The maximum atomic E-state index is 12.9. The lowest BCUT2D eigenvalue weighted by Gasteiger charge is -2.15. The molecular weight excluding hydrogens is 514 g/mol. The van der Waals surface area contributed by atoms with Crippen LogP contribution < -0.4 is 20.7 Å². The Balaban J connectivity index is 1.61. The molecule has 0 fully saturated rings. The minimum Gasteiger partial charge on any atom is -0.492 e. The van der Waals surface area contributed by atoms with E-state index in [9.17, 15) is 9.59 Å². The molecule has 0 saturated heterocycles. The molecule has 0 aromatic heterocycles. The van der Waals surface area contributed by atoms with Gasteiger partial charge in [0.05, 0.1) is 12.2 Å². The lowest BCUT2D eigenvalue weighted by Crippen LogP contribution is -2.34. The van der Waals surface area contributed by atoms with Gasteiger partial charge in [-0.15, -0.1) is 0 Å². The minimum absolute atomic E-state index is 0.113. The number of amides is 2. The Labute approximate surface area is 213 Å². The standard InChI is InChI=1S/C26H26BrN3O3S/c1-17(2)16-33-23-12-11-20(27)14-22(23)25(32)30-26(34)29-21-10-6-9-19(13-21)24(31)28-15-18-7-4-3-5-8-18/h3-14,17H,15-16H2,1-2H3,(H,28,31)(H2,29,30,32,34). The molecule has 0 unspecified atom stereocenters. The van der Waals surface area contributed by atoms with Crippen LogP contribution in [0.5, 0.6) is 5.75 Å². The van der Waals surface area contributed by atoms with Crippen molar-refractivity contribution in [3.05, 3.63) is 94.0 Å². The molecule has 6 nitrogen and oxygen atoms in total. The number of rotatable bonds is 8. The van der Waals surface area contributed by atoms with E-state index in [0.717, 1.165) is 10.0 Å². The summed E-state index contributed by atoms with van der Waals surface area (Å²) >= 11 is 8.71. The highest BCUT2D eigenvalue weighted by Gasteiger charge is 2.16. The zero-order valence-electron chi connectivity index (χ0n) is 18.9. The van der Waals surface area contributed by atoms with E-state index in [0.29, 0.717) is 41.6 Å². The molecule has 3 aromatic rings. The number of hydrogen-bond donors (Lipinski definition) is 3. The number of hydrogen-bond acceptors (Lipinski definition) is 4. The quantitative estimate of drug-likeness (QED) is 0.327. The number of nitrogens with one attached hydrogen (secondary N) is 3. The summed E-state index contributed by atoms with van der Waals surface area (Å²) < 4.78 is 6.53. The van der Waals surface area contributed by atoms with Crippen molar-refractivity contribution in [2.45, 2.75) is 20.4 Å². The van der Waals surface area contributed by atoms with Crippen molar-refractivity contribution in [2.24, 2.45) is 5.92 Å². The van der Waals surface area contributed by atoms with Gasteiger partial charge in [-0.3, -0.25) is 14.9 Å². The molecule has 0 heterocycles. The van der Waals surface area contributed by atoms with Crippen molar-refractivity contribution in [1.82, 2.24) is 10.6 Å². The van der Waals surface area contributed by atoms with Gasteiger partial charge in [-0.05, 0) is 60.1 Å². The summed E-state index contributed by atoms with van der Waals surface area (Å²) in [7, 11) is 0. The number of ether oxygens (including phenoxy) is 1. The second kappa shape index (κ2) is 12.3. The van der Waals surface area contributed by atoms with Crippen LogP contribution in [-0.2, 0) is 6.54 Å². The summed E-state index contributed by atoms with van der Waals surface area (Å²) in [6, 6.07) is 21.8. The molecule has 34 heavy (non-hydrogen) atoms. The van der Waals surface area contributed by atoms with Gasteiger partial charge in [0, 0.05) is 22.3 Å². The first-order valence-electron chi connectivity index (χ1n) is 10.8. The molecule has 0 saturated carbocycles. The van der Waals surface area contributed by atoms with E-state index in [-0.39, 0.29) is 11.0 Å². The number of thiocarbonyl (C=S) groups is 1. The summed E-state index contributed by atoms with van der Waals surface area (Å²) in [5.74, 6) is 0.201. The fourth-order valence-electron chi connectivity index (χ4n) is 3.01. The monoisotopic (exact) mass is 539 g/mol. The number of carbonyl (C=O) groups excluding carboxylic acids is 2. The third-order valence-corrected chi connectivity index (χ3v) is 5.36. The molecule has 8 heteroatoms. The first kappa shape index (κ1) is 25.4. The van der Waals surface area contributed by atoms with E-state index in [2.05, 4.69) is 31.9 Å². The Hall–Kier alpha value is -3.23. The van der Waals surface area contributed by atoms with E-state index < -0.39 is 5.91 Å². The van der Waals surface area contributed by atoms with Crippen molar-refractivity contribution in [1.29, 1.82) is 0 Å². The average molecular weight is 540 g/mol. The highest BCUT2D eigenvalue weighted by atomic mass is 79.9. The van der Waals surface area contributed by atoms with Gasteiger partial charge in [-0.25, -0.2) is 0 Å². The van der Waals surface area contributed by atoms with Gasteiger partial charge in [0.2, 0.25) is 0 Å². The Morgan fingerprint density at radius 2 is 1.74 bits per heavy atom. The fraction of sp³-hybridized carbons (Fsp3) is 0.192. The molecule has 0 atom stereocenters. The second-order valence-electron chi connectivity index (χ2n) is 8.00. The van der Waals surface area contributed by atoms with Crippen molar-refractivity contribution in [2.75, 3.05) is 11.9 Å². The van der Waals surface area contributed by atoms with E-state index in [4.69, 9.17) is 17.0 Å². The van der Waals surface area contributed by atoms with E-state index in [1.165, 1.54) is 0 Å². The Morgan fingerprint density at radius 3 is 2.47 bits per heavy atom. The zero-order valence-corrected chi connectivity index (χ0v) is 21.3. The number of benzene rings is 3. The highest BCUT2D eigenvalue weighted by Crippen LogP contribution is 2.24. The van der Waals surface area contributed by atoms with Crippen molar-refractivity contribution >= 4 is 50.8 Å². The summed E-state index contributed by atoms with van der Waals surface area (Å²) in [5, 5.41) is 8.64. The number of halogens is 1.